The number of nitrogens with one attached hydrogen (secondary N) is 1. The van der Waals surface area contributed by atoms with Crippen molar-refractivity contribution in [3.63, 3.8) is 0 Å². The van der Waals surface area contributed by atoms with Crippen molar-refractivity contribution in [2.45, 2.75) is 96.7 Å². The zero-order valence-electron chi connectivity index (χ0n) is 14.4. The minimum Gasteiger partial charge on any atom is -0.379 e. The maximum absolute atomic E-state index is 9.81. The van der Waals surface area contributed by atoms with Crippen LogP contribution in [0.15, 0.2) is 0 Å². The summed E-state index contributed by atoms with van der Waals surface area (Å²) in [5.74, 6) is 0. The fourth-order valence-electron chi connectivity index (χ4n) is 3.40. The van der Waals surface area contributed by atoms with Gasteiger partial charge in [0.25, 0.3) is 0 Å². The van der Waals surface area contributed by atoms with Crippen LogP contribution >= 0.6 is 0 Å². The summed E-state index contributed by atoms with van der Waals surface area (Å²) in [4.78, 5) is 2.25. The standard InChI is InChI=1S/C18H38N2O/c1-3-4-5-6-7-8-9-10-11-12-13-18-16-19-14-15-20(18)17(2)21/h17-19,21H,3-16H2,1-2H3. The molecule has 2 N–H and O–H groups in total. The van der Waals surface area contributed by atoms with Gasteiger partial charge in [-0.05, 0) is 13.3 Å². The lowest BCUT2D eigenvalue weighted by atomic mass is 10.0. The number of aliphatic hydroxyl groups is 1. The molecule has 0 spiro atoms. The summed E-state index contributed by atoms with van der Waals surface area (Å²) in [6.07, 6.45) is 14.9. The van der Waals surface area contributed by atoms with Gasteiger partial charge < -0.3 is 10.4 Å². The summed E-state index contributed by atoms with van der Waals surface area (Å²) < 4.78 is 0. The SMILES string of the molecule is CCCCCCCCCCCCC1CNCCN1C(C)O. The smallest absolute Gasteiger partial charge is 0.104 e. The van der Waals surface area contributed by atoms with E-state index in [1.54, 1.807) is 0 Å². The van der Waals surface area contributed by atoms with Gasteiger partial charge in [0, 0.05) is 25.7 Å². The second kappa shape index (κ2) is 12.4. The van der Waals surface area contributed by atoms with Crippen molar-refractivity contribution >= 4 is 0 Å². The largest absolute Gasteiger partial charge is 0.379 e. The molecule has 3 heteroatoms. The molecule has 1 heterocycles. The quantitative estimate of drug-likeness (QED) is 0.536. The Bertz CT molecular complexity index is 233. The highest BCUT2D eigenvalue weighted by atomic mass is 16.3. The van der Waals surface area contributed by atoms with Crippen molar-refractivity contribution in [2.75, 3.05) is 19.6 Å². The third kappa shape index (κ3) is 8.80. The Hall–Kier alpha value is -0.120. The molecule has 2 unspecified atom stereocenters. The van der Waals surface area contributed by atoms with E-state index in [0.29, 0.717) is 6.04 Å². The van der Waals surface area contributed by atoms with Crippen molar-refractivity contribution in [3.05, 3.63) is 0 Å². The van der Waals surface area contributed by atoms with E-state index >= 15 is 0 Å². The second-order valence-corrected chi connectivity index (χ2v) is 6.70. The molecular weight excluding hydrogens is 260 g/mol. The third-order valence-corrected chi connectivity index (χ3v) is 4.77. The molecule has 0 saturated carbocycles. The van der Waals surface area contributed by atoms with Crippen LogP contribution in [-0.4, -0.2) is 41.9 Å². The fourth-order valence-corrected chi connectivity index (χ4v) is 3.40. The first-order valence-corrected chi connectivity index (χ1v) is 9.40. The summed E-state index contributed by atoms with van der Waals surface area (Å²) >= 11 is 0. The van der Waals surface area contributed by atoms with Crippen LogP contribution in [0.3, 0.4) is 0 Å². The monoisotopic (exact) mass is 298 g/mol. The van der Waals surface area contributed by atoms with Gasteiger partial charge in [0.1, 0.15) is 6.23 Å². The summed E-state index contributed by atoms with van der Waals surface area (Å²) in [6.45, 7) is 7.22. The van der Waals surface area contributed by atoms with Gasteiger partial charge >= 0.3 is 0 Å². The molecule has 1 fully saturated rings. The molecule has 0 aromatic carbocycles. The molecule has 0 aromatic heterocycles. The molecule has 2 atom stereocenters. The number of unbranched alkanes of at least 4 members (excludes halogenated alkanes) is 9. The number of nitrogens with zero attached hydrogens (tertiary/aromatic N) is 1. The van der Waals surface area contributed by atoms with E-state index in [4.69, 9.17) is 0 Å². The van der Waals surface area contributed by atoms with Crippen LogP contribution in [0, 0.1) is 0 Å². The first-order chi connectivity index (χ1) is 10.3. The van der Waals surface area contributed by atoms with E-state index in [2.05, 4.69) is 17.1 Å². The van der Waals surface area contributed by atoms with Gasteiger partial charge in [0.2, 0.25) is 0 Å². The maximum atomic E-state index is 9.81. The van der Waals surface area contributed by atoms with Crippen molar-refractivity contribution in [2.24, 2.45) is 0 Å². The van der Waals surface area contributed by atoms with Crippen LogP contribution in [0.25, 0.3) is 0 Å². The fraction of sp³-hybridized carbons (Fsp3) is 1.00. The van der Waals surface area contributed by atoms with E-state index < -0.39 is 0 Å². The third-order valence-electron chi connectivity index (χ3n) is 4.77. The molecule has 126 valence electrons. The molecule has 21 heavy (non-hydrogen) atoms. The van der Waals surface area contributed by atoms with Crippen molar-refractivity contribution in [1.29, 1.82) is 0 Å². The summed E-state index contributed by atoms with van der Waals surface area (Å²) in [5, 5.41) is 13.3. The van der Waals surface area contributed by atoms with Crippen molar-refractivity contribution < 1.29 is 5.11 Å². The minimum atomic E-state index is -0.291. The van der Waals surface area contributed by atoms with Gasteiger partial charge in [0.05, 0.1) is 0 Å². The summed E-state index contributed by atoms with van der Waals surface area (Å²) in [6, 6.07) is 0.535. The van der Waals surface area contributed by atoms with Crippen LogP contribution < -0.4 is 5.32 Å². The Labute approximate surface area is 132 Å². The van der Waals surface area contributed by atoms with E-state index in [1.807, 2.05) is 6.92 Å². The summed E-state index contributed by atoms with van der Waals surface area (Å²) in [5.41, 5.74) is 0. The highest BCUT2D eigenvalue weighted by Gasteiger charge is 2.24. The Balaban J connectivity index is 1.93. The lowest BCUT2D eigenvalue weighted by Crippen LogP contribution is -2.54. The van der Waals surface area contributed by atoms with Gasteiger partial charge in [-0.1, -0.05) is 71.1 Å². The maximum Gasteiger partial charge on any atom is 0.104 e. The lowest BCUT2D eigenvalue weighted by molar-refractivity contribution is -0.0250. The molecule has 1 saturated heterocycles. The number of piperazine rings is 1. The predicted molar refractivity (Wildman–Crippen MR) is 91.5 cm³/mol. The second-order valence-electron chi connectivity index (χ2n) is 6.70. The highest BCUT2D eigenvalue weighted by molar-refractivity contribution is 4.80. The Morgan fingerprint density at radius 1 is 1.00 bits per heavy atom. The molecule has 3 nitrogen and oxygen atoms in total. The van der Waals surface area contributed by atoms with Gasteiger partial charge in [-0.2, -0.15) is 0 Å². The van der Waals surface area contributed by atoms with Crippen LogP contribution in [0.2, 0.25) is 0 Å². The Morgan fingerprint density at radius 2 is 1.57 bits per heavy atom. The molecule has 1 aliphatic heterocycles. The van der Waals surface area contributed by atoms with Crippen molar-refractivity contribution in [1.82, 2.24) is 10.2 Å². The average molecular weight is 299 g/mol. The zero-order valence-corrected chi connectivity index (χ0v) is 14.4. The van der Waals surface area contributed by atoms with E-state index in [0.717, 1.165) is 19.6 Å². The summed E-state index contributed by atoms with van der Waals surface area (Å²) in [7, 11) is 0. The first kappa shape index (κ1) is 18.9. The number of rotatable bonds is 12. The Kier molecular flexibility index (Phi) is 11.2. The number of hydrogen-bond donors (Lipinski definition) is 2. The number of hydrogen-bond acceptors (Lipinski definition) is 3. The first-order valence-electron chi connectivity index (χ1n) is 9.40. The zero-order chi connectivity index (χ0) is 15.3. The molecule has 1 aliphatic rings. The topological polar surface area (TPSA) is 35.5 Å². The van der Waals surface area contributed by atoms with Crippen LogP contribution in [0.4, 0.5) is 0 Å². The van der Waals surface area contributed by atoms with E-state index in [1.165, 1.54) is 70.6 Å². The van der Waals surface area contributed by atoms with E-state index in [9.17, 15) is 5.11 Å². The highest BCUT2D eigenvalue weighted by Crippen LogP contribution is 2.16. The lowest BCUT2D eigenvalue weighted by Gasteiger charge is -2.38. The van der Waals surface area contributed by atoms with Gasteiger partial charge in [-0.25, -0.2) is 0 Å². The molecular formula is C18H38N2O. The Morgan fingerprint density at radius 3 is 2.14 bits per heavy atom. The molecule has 0 bridgehead atoms. The molecule has 0 amide bonds. The van der Waals surface area contributed by atoms with Crippen molar-refractivity contribution in [3.8, 4) is 0 Å². The molecule has 1 rings (SSSR count). The van der Waals surface area contributed by atoms with Crippen LogP contribution in [0.5, 0.6) is 0 Å². The molecule has 0 aliphatic carbocycles. The number of aliphatic hydroxyl groups excluding tert-OH is 1. The average Bonchev–Trinajstić information content (AvgIpc) is 2.49. The van der Waals surface area contributed by atoms with Crippen LogP contribution in [0.1, 0.15) is 84.5 Å². The van der Waals surface area contributed by atoms with E-state index in [-0.39, 0.29) is 6.23 Å². The van der Waals surface area contributed by atoms with Gasteiger partial charge in [-0.3, -0.25) is 4.90 Å². The predicted octanol–water partition coefficient (Wildman–Crippen LogP) is 3.91. The minimum absolute atomic E-state index is 0.291. The van der Waals surface area contributed by atoms with Gasteiger partial charge in [0.15, 0.2) is 0 Å². The molecule has 0 aromatic rings. The van der Waals surface area contributed by atoms with Crippen LogP contribution in [-0.2, 0) is 0 Å². The molecule has 0 radical (unpaired) electrons. The normalized spacial score (nSPS) is 21.6. The van der Waals surface area contributed by atoms with Gasteiger partial charge in [-0.15, -0.1) is 0 Å².